The van der Waals surface area contributed by atoms with Gasteiger partial charge in [-0.3, -0.25) is 4.79 Å². The number of carbonyl (C=O) groups excluding carboxylic acids is 1. The topological polar surface area (TPSA) is 79.4 Å². The molecule has 1 aromatic carbocycles. The van der Waals surface area contributed by atoms with E-state index in [1.807, 2.05) is 0 Å². The lowest BCUT2D eigenvalue weighted by molar-refractivity contribution is -0.125. The van der Waals surface area contributed by atoms with E-state index in [0.29, 0.717) is 32.5 Å². The smallest absolute Gasteiger partial charge is 0.223 e. The van der Waals surface area contributed by atoms with Gasteiger partial charge in [0.2, 0.25) is 5.91 Å². The van der Waals surface area contributed by atoms with Crippen molar-refractivity contribution >= 4 is 21.4 Å². The highest BCUT2D eigenvalue weighted by Gasteiger charge is 2.32. The van der Waals surface area contributed by atoms with Crippen LogP contribution in [0.5, 0.6) is 0 Å². The molecule has 1 aliphatic rings. The summed E-state index contributed by atoms with van der Waals surface area (Å²) < 4.78 is 37.1. The Labute approximate surface area is 177 Å². The van der Waals surface area contributed by atoms with Gasteiger partial charge in [-0.25, -0.2) is 17.8 Å². The van der Waals surface area contributed by atoms with E-state index in [-0.39, 0.29) is 22.7 Å². The molecule has 1 saturated heterocycles. The molecule has 6 nitrogen and oxygen atoms in total. The summed E-state index contributed by atoms with van der Waals surface area (Å²) in [6, 6.07) is 9.42. The van der Waals surface area contributed by atoms with E-state index in [4.69, 9.17) is 0 Å². The molecule has 1 amide bonds. The number of hydrogen-bond donors (Lipinski definition) is 1. The third-order valence-electron chi connectivity index (χ3n) is 5.41. The lowest BCUT2D eigenvalue weighted by Gasteiger charge is -2.33. The molecule has 1 N–H and O–H groups in total. The Hall–Kier alpha value is -2.48. The zero-order chi connectivity index (χ0) is 21.9. The van der Waals surface area contributed by atoms with E-state index in [9.17, 15) is 17.6 Å². The molecular weight excluding hydrogens is 405 g/mol. The molecule has 30 heavy (non-hydrogen) atoms. The van der Waals surface area contributed by atoms with E-state index in [2.05, 4.69) is 15.2 Å². The van der Waals surface area contributed by atoms with Crippen molar-refractivity contribution in [1.29, 1.82) is 0 Å². The third-order valence-corrected chi connectivity index (χ3v) is 7.82. The van der Waals surface area contributed by atoms with E-state index < -0.39 is 14.6 Å². The van der Waals surface area contributed by atoms with Gasteiger partial charge in [-0.05, 0) is 63.4 Å². The number of rotatable bonds is 5. The Kier molecular flexibility index (Phi) is 6.45. The van der Waals surface area contributed by atoms with Crippen LogP contribution in [0.1, 0.15) is 39.2 Å². The van der Waals surface area contributed by atoms with Crippen molar-refractivity contribution in [2.24, 2.45) is 5.92 Å². The van der Waals surface area contributed by atoms with E-state index in [1.54, 1.807) is 51.2 Å². The van der Waals surface area contributed by atoms with Gasteiger partial charge in [0.05, 0.1) is 16.6 Å². The summed E-state index contributed by atoms with van der Waals surface area (Å²) in [6.07, 6.45) is 3.00. The second kappa shape index (κ2) is 8.71. The zero-order valence-corrected chi connectivity index (χ0v) is 18.4. The molecule has 162 valence electrons. The number of halogens is 1. The van der Waals surface area contributed by atoms with Gasteiger partial charge in [0.1, 0.15) is 5.82 Å². The van der Waals surface area contributed by atoms with Gasteiger partial charge in [0.15, 0.2) is 14.9 Å². The van der Waals surface area contributed by atoms with Gasteiger partial charge in [-0.2, -0.15) is 0 Å². The minimum atomic E-state index is -3.48. The zero-order valence-electron chi connectivity index (χ0n) is 17.6. The minimum Gasteiger partial charge on any atom is -0.370 e. The Morgan fingerprint density at radius 1 is 1.13 bits per heavy atom. The molecule has 0 radical (unpaired) electrons. The van der Waals surface area contributed by atoms with Crippen molar-refractivity contribution in [3.63, 3.8) is 0 Å². The first kappa shape index (κ1) is 22.2. The van der Waals surface area contributed by atoms with Crippen LogP contribution in [-0.2, 0) is 21.2 Å². The van der Waals surface area contributed by atoms with Crippen LogP contribution in [0.3, 0.4) is 0 Å². The molecular formula is C22H28FN3O3S. The highest BCUT2D eigenvalue weighted by Crippen LogP contribution is 2.27. The maximum absolute atomic E-state index is 13.0. The van der Waals surface area contributed by atoms with Crippen LogP contribution in [-0.4, -0.2) is 37.1 Å². The maximum atomic E-state index is 13.0. The average molecular weight is 434 g/mol. The van der Waals surface area contributed by atoms with Crippen LogP contribution in [0, 0.1) is 11.7 Å². The number of benzene rings is 1. The van der Waals surface area contributed by atoms with Crippen LogP contribution < -0.4 is 10.2 Å². The number of amides is 1. The molecule has 1 aromatic heterocycles. The monoisotopic (exact) mass is 433 g/mol. The quantitative estimate of drug-likeness (QED) is 0.783. The standard InChI is InChI=1S/C22H28FN3O3S/c1-22(2,3)30(28,29)20-9-8-19(15-24-20)26-12-10-17(11-13-26)21(27)25-14-16-4-6-18(23)7-5-16/h4-9,15,17H,10-14H2,1-3H3,(H,25,27). The molecule has 3 rings (SSSR count). The van der Waals surface area contributed by atoms with Gasteiger partial charge in [0.25, 0.3) is 0 Å². The molecule has 0 saturated carbocycles. The number of carbonyl (C=O) groups is 1. The second-order valence-corrected chi connectivity index (χ2v) is 11.2. The summed E-state index contributed by atoms with van der Waals surface area (Å²) in [6.45, 7) is 6.74. The first-order valence-corrected chi connectivity index (χ1v) is 11.5. The number of pyridine rings is 1. The maximum Gasteiger partial charge on any atom is 0.223 e. The van der Waals surface area contributed by atoms with Crippen LogP contribution in [0.4, 0.5) is 10.1 Å². The van der Waals surface area contributed by atoms with Crippen LogP contribution in [0.2, 0.25) is 0 Å². The van der Waals surface area contributed by atoms with E-state index in [0.717, 1.165) is 11.3 Å². The summed E-state index contributed by atoms with van der Waals surface area (Å²) in [7, 11) is -3.48. The summed E-state index contributed by atoms with van der Waals surface area (Å²) in [5.74, 6) is -0.366. The minimum absolute atomic E-state index is 0.00344. The highest BCUT2D eigenvalue weighted by molar-refractivity contribution is 7.92. The van der Waals surface area contributed by atoms with Crippen molar-refractivity contribution in [2.45, 2.75) is 49.9 Å². The van der Waals surface area contributed by atoms with Crippen LogP contribution in [0.25, 0.3) is 0 Å². The molecule has 1 fully saturated rings. The van der Waals surface area contributed by atoms with Gasteiger partial charge >= 0.3 is 0 Å². The van der Waals surface area contributed by atoms with Crippen molar-refractivity contribution in [3.8, 4) is 0 Å². The summed E-state index contributed by atoms with van der Waals surface area (Å²) in [4.78, 5) is 18.7. The lowest BCUT2D eigenvalue weighted by atomic mass is 9.95. The van der Waals surface area contributed by atoms with E-state index in [1.165, 1.54) is 12.1 Å². The SMILES string of the molecule is CC(C)(C)S(=O)(=O)c1ccc(N2CCC(C(=O)NCc3ccc(F)cc3)CC2)cn1. The Balaban J connectivity index is 1.53. The van der Waals surface area contributed by atoms with Crippen molar-refractivity contribution in [2.75, 3.05) is 18.0 Å². The normalized spacial score (nSPS) is 15.8. The predicted octanol–water partition coefficient (Wildman–Crippen LogP) is 3.33. The second-order valence-electron chi connectivity index (χ2n) is 8.58. The number of piperidine rings is 1. The molecule has 0 atom stereocenters. The number of aromatic nitrogens is 1. The molecule has 0 aliphatic carbocycles. The largest absolute Gasteiger partial charge is 0.370 e. The first-order chi connectivity index (χ1) is 14.1. The molecule has 0 spiro atoms. The molecule has 2 aromatic rings. The first-order valence-electron chi connectivity index (χ1n) is 10.1. The average Bonchev–Trinajstić information content (AvgIpc) is 2.72. The van der Waals surface area contributed by atoms with Gasteiger partial charge in [0, 0.05) is 25.6 Å². The van der Waals surface area contributed by atoms with Crippen molar-refractivity contribution < 1.29 is 17.6 Å². The third kappa shape index (κ3) is 4.98. The fourth-order valence-corrected chi connectivity index (χ4v) is 4.43. The van der Waals surface area contributed by atoms with E-state index >= 15 is 0 Å². The summed E-state index contributed by atoms with van der Waals surface area (Å²) in [5.41, 5.74) is 1.71. The molecule has 0 unspecified atom stereocenters. The fourth-order valence-electron chi connectivity index (χ4n) is 3.37. The van der Waals surface area contributed by atoms with Crippen LogP contribution in [0.15, 0.2) is 47.6 Å². The van der Waals surface area contributed by atoms with Crippen molar-refractivity contribution in [3.05, 3.63) is 54.0 Å². The van der Waals surface area contributed by atoms with Crippen molar-refractivity contribution in [1.82, 2.24) is 10.3 Å². The fraction of sp³-hybridized carbons (Fsp3) is 0.455. The number of sulfone groups is 1. The number of nitrogens with zero attached hydrogens (tertiary/aromatic N) is 2. The van der Waals surface area contributed by atoms with Gasteiger partial charge in [-0.15, -0.1) is 0 Å². The summed E-state index contributed by atoms with van der Waals surface area (Å²) >= 11 is 0. The Bertz CT molecular complexity index is 976. The Morgan fingerprint density at radius 3 is 2.30 bits per heavy atom. The van der Waals surface area contributed by atoms with Crippen LogP contribution >= 0.6 is 0 Å². The number of anilines is 1. The highest BCUT2D eigenvalue weighted by atomic mass is 32.2. The number of hydrogen-bond acceptors (Lipinski definition) is 5. The lowest BCUT2D eigenvalue weighted by Crippen LogP contribution is -2.40. The number of nitrogens with one attached hydrogen (secondary N) is 1. The predicted molar refractivity (Wildman–Crippen MR) is 114 cm³/mol. The molecule has 1 aliphatic heterocycles. The molecule has 2 heterocycles. The van der Waals surface area contributed by atoms with Gasteiger partial charge < -0.3 is 10.2 Å². The molecule has 0 bridgehead atoms. The summed E-state index contributed by atoms with van der Waals surface area (Å²) in [5, 5.41) is 3.00. The van der Waals surface area contributed by atoms with Gasteiger partial charge in [-0.1, -0.05) is 12.1 Å². The Morgan fingerprint density at radius 2 is 1.77 bits per heavy atom. The molecule has 8 heteroatoms.